The molecule has 0 radical (unpaired) electrons. The van der Waals surface area contributed by atoms with Gasteiger partial charge in [0, 0.05) is 30.1 Å². The zero-order valence-corrected chi connectivity index (χ0v) is 11.5. The van der Waals surface area contributed by atoms with Crippen LogP contribution in [-0.4, -0.2) is 11.0 Å². The second-order valence-electron chi connectivity index (χ2n) is 5.24. The number of para-hydroxylation sites is 1. The SMILES string of the molecule is c1ccc2c(c1)CC(c1ncc(CNC3CC3)s1)O2. The van der Waals surface area contributed by atoms with Gasteiger partial charge in [-0.05, 0) is 24.5 Å². The van der Waals surface area contributed by atoms with Crippen molar-refractivity contribution in [3.05, 3.63) is 45.9 Å². The number of aromatic nitrogens is 1. The second kappa shape index (κ2) is 4.62. The van der Waals surface area contributed by atoms with E-state index in [0.29, 0.717) is 0 Å². The molecule has 1 fully saturated rings. The summed E-state index contributed by atoms with van der Waals surface area (Å²) in [6, 6.07) is 9.01. The molecule has 0 spiro atoms. The number of hydrogen-bond donors (Lipinski definition) is 1. The predicted molar refractivity (Wildman–Crippen MR) is 75.5 cm³/mol. The number of nitrogens with one attached hydrogen (secondary N) is 1. The van der Waals surface area contributed by atoms with Crippen molar-refractivity contribution in [1.29, 1.82) is 0 Å². The molecule has 1 unspecified atom stereocenters. The molecule has 1 aliphatic carbocycles. The highest BCUT2D eigenvalue weighted by Gasteiger charge is 2.26. The summed E-state index contributed by atoms with van der Waals surface area (Å²) in [7, 11) is 0. The van der Waals surface area contributed by atoms with E-state index in [2.05, 4.69) is 22.4 Å². The number of hydrogen-bond acceptors (Lipinski definition) is 4. The standard InChI is InChI=1S/C15H16N2OS/c1-2-4-13-10(3-1)7-14(18-13)15-17-9-12(19-15)8-16-11-5-6-11/h1-4,9,11,14,16H,5-8H2. The van der Waals surface area contributed by atoms with Crippen molar-refractivity contribution in [3.8, 4) is 5.75 Å². The fraction of sp³-hybridized carbons (Fsp3) is 0.400. The quantitative estimate of drug-likeness (QED) is 0.928. The van der Waals surface area contributed by atoms with E-state index in [-0.39, 0.29) is 6.10 Å². The summed E-state index contributed by atoms with van der Waals surface area (Å²) in [6.45, 7) is 0.946. The topological polar surface area (TPSA) is 34.2 Å². The molecule has 1 N–H and O–H groups in total. The summed E-state index contributed by atoms with van der Waals surface area (Å²) in [5.41, 5.74) is 1.29. The molecular formula is C15H16N2OS. The van der Waals surface area contributed by atoms with E-state index in [4.69, 9.17) is 4.74 Å². The number of ether oxygens (including phenoxy) is 1. The summed E-state index contributed by atoms with van der Waals surface area (Å²) in [5.74, 6) is 1.01. The lowest BCUT2D eigenvalue weighted by Gasteiger charge is -2.06. The Morgan fingerprint density at radius 3 is 3.05 bits per heavy atom. The molecule has 2 aliphatic rings. The van der Waals surface area contributed by atoms with Crippen molar-refractivity contribution >= 4 is 11.3 Å². The van der Waals surface area contributed by atoms with E-state index in [1.807, 2.05) is 18.3 Å². The smallest absolute Gasteiger partial charge is 0.154 e. The summed E-state index contributed by atoms with van der Waals surface area (Å²) in [4.78, 5) is 5.84. The average molecular weight is 272 g/mol. The molecule has 1 saturated carbocycles. The maximum atomic E-state index is 5.97. The molecule has 0 amide bonds. The van der Waals surface area contributed by atoms with Crippen molar-refractivity contribution in [2.24, 2.45) is 0 Å². The fourth-order valence-corrected chi connectivity index (χ4v) is 3.30. The fourth-order valence-electron chi connectivity index (χ4n) is 2.41. The van der Waals surface area contributed by atoms with Gasteiger partial charge in [-0.2, -0.15) is 0 Å². The molecule has 4 heteroatoms. The van der Waals surface area contributed by atoms with E-state index in [1.54, 1.807) is 11.3 Å². The lowest BCUT2D eigenvalue weighted by atomic mass is 10.1. The molecule has 1 aromatic heterocycles. The lowest BCUT2D eigenvalue weighted by Crippen LogP contribution is -2.14. The van der Waals surface area contributed by atoms with Gasteiger partial charge < -0.3 is 10.1 Å². The highest BCUT2D eigenvalue weighted by molar-refractivity contribution is 7.11. The molecule has 2 heterocycles. The van der Waals surface area contributed by atoms with E-state index >= 15 is 0 Å². The summed E-state index contributed by atoms with van der Waals surface area (Å²) >= 11 is 1.77. The van der Waals surface area contributed by atoms with Gasteiger partial charge in [0.1, 0.15) is 10.8 Å². The van der Waals surface area contributed by atoms with Gasteiger partial charge in [-0.1, -0.05) is 18.2 Å². The predicted octanol–water partition coefficient (Wildman–Crippen LogP) is 3.07. The van der Waals surface area contributed by atoms with Crippen LogP contribution in [0.5, 0.6) is 5.75 Å². The largest absolute Gasteiger partial charge is 0.483 e. The van der Waals surface area contributed by atoms with E-state index in [1.165, 1.54) is 23.3 Å². The van der Waals surface area contributed by atoms with Crippen LogP contribution in [0.15, 0.2) is 30.5 Å². The van der Waals surface area contributed by atoms with Gasteiger partial charge in [0.15, 0.2) is 6.10 Å². The molecule has 4 rings (SSSR count). The van der Waals surface area contributed by atoms with Gasteiger partial charge in [-0.25, -0.2) is 4.98 Å². The molecule has 1 aliphatic heterocycles. The first-order valence-electron chi connectivity index (χ1n) is 6.81. The number of fused-ring (bicyclic) bond motifs is 1. The minimum absolute atomic E-state index is 0.108. The Hall–Kier alpha value is -1.39. The van der Waals surface area contributed by atoms with Gasteiger partial charge in [0.05, 0.1) is 0 Å². The third-order valence-electron chi connectivity index (χ3n) is 3.64. The van der Waals surface area contributed by atoms with Crippen LogP contribution in [-0.2, 0) is 13.0 Å². The first kappa shape index (κ1) is 11.4. The summed E-state index contributed by atoms with van der Waals surface area (Å²) in [6.07, 6.45) is 5.69. The summed E-state index contributed by atoms with van der Waals surface area (Å²) < 4.78 is 5.97. The van der Waals surface area contributed by atoms with Crippen LogP contribution in [0.2, 0.25) is 0 Å². The molecule has 0 bridgehead atoms. The van der Waals surface area contributed by atoms with Crippen LogP contribution in [0.1, 0.15) is 34.4 Å². The molecule has 1 atom stereocenters. The Labute approximate surface area is 116 Å². The molecule has 98 valence electrons. The normalized spacial score (nSPS) is 21.2. The van der Waals surface area contributed by atoms with Gasteiger partial charge in [0.2, 0.25) is 0 Å². The Morgan fingerprint density at radius 2 is 2.21 bits per heavy atom. The molecule has 2 aromatic rings. The minimum Gasteiger partial charge on any atom is -0.483 e. The van der Waals surface area contributed by atoms with Crippen molar-refractivity contribution in [1.82, 2.24) is 10.3 Å². The third kappa shape index (κ3) is 2.38. The minimum atomic E-state index is 0.108. The Balaban J connectivity index is 1.45. The third-order valence-corrected chi connectivity index (χ3v) is 4.73. The van der Waals surface area contributed by atoms with E-state index in [0.717, 1.165) is 29.8 Å². The van der Waals surface area contributed by atoms with Gasteiger partial charge >= 0.3 is 0 Å². The Kier molecular flexibility index (Phi) is 2.78. The van der Waals surface area contributed by atoms with Crippen LogP contribution in [0.25, 0.3) is 0 Å². The van der Waals surface area contributed by atoms with Crippen LogP contribution in [0.3, 0.4) is 0 Å². The molecule has 0 saturated heterocycles. The average Bonchev–Trinajstić information content (AvgIpc) is 2.99. The zero-order chi connectivity index (χ0) is 12.7. The highest BCUT2D eigenvalue weighted by atomic mass is 32.1. The Morgan fingerprint density at radius 1 is 1.32 bits per heavy atom. The van der Waals surface area contributed by atoms with Crippen LogP contribution in [0, 0.1) is 0 Å². The van der Waals surface area contributed by atoms with Crippen molar-refractivity contribution < 1.29 is 4.74 Å². The van der Waals surface area contributed by atoms with Crippen molar-refractivity contribution in [2.75, 3.05) is 0 Å². The lowest BCUT2D eigenvalue weighted by molar-refractivity contribution is 0.238. The maximum Gasteiger partial charge on any atom is 0.154 e. The number of thiazole rings is 1. The zero-order valence-electron chi connectivity index (χ0n) is 10.6. The first-order chi connectivity index (χ1) is 9.38. The first-order valence-corrected chi connectivity index (χ1v) is 7.63. The van der Waals surface area contributed by atoms with Crippen LogP contribution < -0.4 is 10.1 Å². The molecule has 1 aromatic carbocycles. The monoisotopic (exact) mass is 272 g/mol. The van der Waals surface area contributed by atoms with E-state index < -0.39 is 0 Å². The summed E-state index contributed by atoms with van der Waals surface area (Å²) in [5, 5.41) is 4.62. The molecule has 19 heavy (non-hydrogen) atoms. The number of rotatable bonds is 4. The van der Waals surface area contributed by atoms with Crippen LogP contribution >= 0.6 is 11.3 Å². The highest BCUT2D eigenvalue weighted by Crippen LogP contribution is 2.37. The van der Waals surface area contributed by atoms with Crippen molar-refractivity contribution in [3.63, 3.8) is 0 Å². The maximum absolute atomic E-state index is 5.97. The van der Waals surface area contributed by atoms with Crippen molar-refractivity contribution in [2.45, 2.75) is 38.0 Å². The van der Waals surface area contributed by atoms with Gasteiger partial charge in [-0.15, -0.1) is 11.3 Å². The van der Waals surface area contributed by atoms with Gasteiger partial charge in [-0.3, -0.25) is 0 Å². The second-order valence-corrected chi connectivity index (χ2v) is 6.39. The molecule has 3 nitrogen and oxygen atoms in total. The Bertz CT molecular complexity index is 566. The number of benzene rings is 1. The molecular weight excluding hydrogens is 256 g/mol. The van der Waals surface area contributed by atoms with Gasteiger partial charge in [0.25, 0.3) is 0 Å². The van der Waals surface area contributed by atoms with Crippen LogP contribution in [0.4, 0.5) is 0 Å². The number of nitrogens with zero attached hydrogens (tertiary/aromatic N) is 1. The van der Waals surface area contributed by atoms with E-state index in [9.17, 15) is 0 Å².